The number of piperidine rings is 1. The Kier molecular flexibility index (Phi) is 7.20. The average molecular weight is 465 g/mol. The smallest absolute Gasteiger partial charge is 0.407 e. The number of benzene rings is 2. The molecule has 2 amide bonds. The van der Waals surface area contributed by atoms with Crippen molar-refractivity contribution in [2.75, 3.05) is 26.2 Å². The van der Waals surface area contributed by atoms with Gasteiger partial charge in [0.05, 0.1) is 11.8 Å². The van der Waals surface area contributed by atoms with E-state index in [4.69, 9.17) is 4.74 Å². The Balaban J connectivity index is 1.35. The van der Waals surface area contributed by atoms with Crippen LogP contribution in [-0.2, 0) is 14.3 Å². The van der Waals surface area contributed by atoms with Crippen LogP contribution in [0.4, 0.5) is 4.79 Å². The number of nitrogens with zero attached hydrogens (tertiary/aromatic N) is 1. The van der Waals surface area contributed by atoms with Crippen LogP contribution in [0, 0.1) is 17.8 Å². The van der Waals surface area contributed by atoms with Crippen LogP contribution in [0.3, 0.4) is 0 Å². The number of rotatable bonds is 7. The summed E-state index contributed by atoms with van der Waals surface area (Å²) in [4.78, 5) is 38.7. The van der Waals surface area contributed by atoms with Crippen LogP contribution in [0.2, 0.25) is 0 Å². The zero-order valence-electron chi connectivity index (χ0n) is 19.7. The number of carboxylic acids is 1. The summed E-state index contributed by atoms with van der Waals surface area (Å²) in [6.45, 7) is 5.01. The lowest BCUT2D eigenvalue weighted by molar-refractivity contribution is -0.147. The fourth-order valence-electron chi connectivity index (χ4n) is 5.06. The van der Waals surface area contributed by atoms with Crippen molar-refractivity contribution in [2.24, 2.45) is 17.8 Å². The zero-order chi connectivity index (χ0) is 24.2. The maximum atomic E-state index is 13.1. The van der Waals surface area contributed by atoms with Crippen LogP contribution in [0.25, 0.3) is 11.1 Å². The summed E-state index contributed by atoms with van der Waals surface area (Å²) in [6, 6.07) is 16.3. The molecule has 0 saturated carbocycles. The number of likely N-dealkylation sites (tertiary alicyclic amines) is 1. The predicted octanol–water partition coefficient (Wildman–Crippen LogP) is 4.12. The summed E-state index contributed by atoms with van der Waals surface area (Å²) in [7, 11) is 0. The second kappa shape index (κ2) is 10.3. The van der Waals surface area contributed by atoms with Crippen molar-refractivity contribution in [1.82, 2.24) is 10.2 Å². The Labute approximate surface area is 200 Å². The lowest BCUT2D eigenvalue weighted by atomic mass is 9.91. The number of aliphatic carboxylic acids is 1. The highest BCUT2D eigenvalue weighted by Gasteiger charge is 2.34. The molecule has 180 valence electrons. The third-order valence-corrected chi connectivity index (χ3v) is 7.01. The average Bonchev–Trinajstić information content (AvgIpc) is 3.16. The highest BCUT2D eigenvalue weighted by atomic mass is 16.5. The first kappa shape index (κ1) is 23.8. The van der Waals surface area contributed by atoms with Crippen LogP contribution in [-0.4, -0.2) is 54.2 Å². The first-order chi connectivity index (χ1) is 16.4. The van der Waals surface area contributed by atoms with Gasteiger partial charge >= 0.3 is 12.1 Å². The fourth-order valence-corrected chi connectivity index (χ4v) is 5.06. The maximum Gasteiger partial charge on any atom is 0.407 e. The van der Waals surface area contributed by atoms with E-state index in [0.29, 0.717) is 19.4 Å². The van der Waals surface area contributed by atoms with E-state index in [2.05, 4.69) is 29.6 Å². The number of ether oxygens (including phenoxy) is 1. The second-order valence-corrected chi connectivity index (χ2v) is 9.52. The van der Waals surface area contributed by atoms with E-state index < -0.39 is 23.9 Å². The number of nitrogens with one attached hydrogen (secondary N) is 1. The summed E-state index contributed by atoms with van der Waals surface area (Å²) < 4.78 is 5.59. The van der Waals surface area contributed by atoms with Crippen molar-refractivity contribution in [2.45, 2.75) is 32.6 Å². The van der Waals surface area contributed by atoms with Gasteiger partial charge in [-0.25, -0.2) is 4.79 Å². The molecule has 2 N–H and O–H groups in total. The van der Waals surface area contributed by atoms with Crippen LogP contribution in [0.5, 0.6) is 0 Å². The summed E-state index contributed by atoms with van der Waals surface area (Å²) in [5.74, 6) is -1.97. The highest BCUT2D eigenvalue weighted by molar-refractivity contribution is 5.81. The predicted molar refractivity (Wildman–Crippen MR) is 128 cm³/mol. The summed E-state index contributed by atoms with van der Waals surface area (Å²) in [6.07, 6.45) is 0.707. The van der Waals surface area contributed by atoms with Gasteiger partial charge in [0, 0.05) is 25.6 Å². The molecule has 2 atom stereocenters. The van der Waals surface area contributed by atoms with Crippen LogP contribution < -0.4 is 5.32 Å². The van der Waals surface area contributed by atoms with E-state index in [1.54, 1.807) is 4.90 Å². The van der Waals surface area contributed by atoms with Gasteiger partial charge in [-0.3, -0.25) is 9.59 Å². The molecule has 1 heterocycles. The minimum absolute atomic E-state index is 0.00779. The number of carbonyl (C=O) groups excluding carboxylic acids is 2. The largest absolute Gasteiger partial charge is 0.481 e. The van der Waals surface area contributed by atoms with Crippen LogP contribution in [0.1, 0.15) is 43.7 Å². The number of fused-ring (bicyclic) bond motifs is 3. The molecule has 2 aromatic carbocycles. The first-order valence-corrected chi connectivity index (χ1v) is 12.0. The summed E-state index contributed by atoms with van der Waals surface area (Å²) in [5, 5.41) is 12.1. The number of hydrogen-bond acceptors (Lipinski definition) is 4. The van der Waals surface area contributed by atoms with E-state index in [9.17, 15) is 19.5 Å². The molecule has 7 heteroatoms. The van der Waals surface area contributed by atoms with Crippen molar-refractivity contribution in [3.8, 4) is 11.1 Å². The van der Waals surface area contributed by atoms with Gasteiger partial charge in [-0.2, -0.15) is 0 Å². The van der Waals surface area contributed by atoms with Gasteiger partial charge in [-0.05, 0) is 41.0 Å². The van der Waals surface area contributed by atoms with E-state index in [0.717, 1.165) is 11.1 Å². The molecule has 1 aliphatic carbocycles. The summed E-state index contributed by atoms with van der Waals surface area (Å²) >= 11 is 0. The topological polar surface area (TPSA) is 95.9 Å². The summed E-state index contributed by atoms with van der Waals surface area (Å²) in [5.41, 5.74) is 4.62. The zero-order valence-corrected chi connectivity index (χ0v) is 19.7. The lowest BCUT2D eigenvalue weighted by Crippen LogP contribution is -2.48. The molecule has 34 heavy (non-hydrogen) atoms. The number of hydrogen-bond donors (Lipinski definition) is 2. The van der Waals surface area contributed by atoms with Gasteiger partial charge in [-0.15, -0.1) is 0 Å². The molecular weight excluding hydrogens is 432 g/mol. The van der Waals surface area contributed by atoms with E-state index in [-0.39, 0.29) is 37.4 Å². The van der Waals surface area contributed by atoms with Crippen molar-refractivity contribution < 1.29 is 24.2 Å². The first-order valence-electron chi connectivity index (χ1n) is 12.0. The Morgan fingerprint density at radius 1 is 1.06 bits per heavy atom. The van der Waals surface area contributed by atoms with E-state index in [1.807, 2.05) is 38.1 Å². The normalized spacial score (nSPS) is 18.2. The van der Waals surface area contributed by atoms with Gasteiger partial charge in [0.1, 0.15) is 6.61 Å². The van der Waals surface area contributed by atoms with Crippen molar-refractivity contribution in [1.29, 1.82) is 0 Å². The number of carbonyl (C=O) groups is 3. The lowest BCUT2D eigenvalue weighted by Gasteiger charge is -2.34. The number of alkyl carbamates (subject to hydrolysis) is 1. The number of carboxylic acid groups (broad SMARTS) is 1. The Morgan fingerprint density at radius 2 is 1.68 bits per heavy atom. The molecular formula is C27H32N2O5. The Hall–Kier alpha value is -3.35. The molecule has 4 rings (SSSR count). The van der Waals surface area contributed by atoms with Gasteiger partial charge < -0.3 is 20.1 Å². The Morgan fingerprint density at radius 3 is 2.26 bits per heavy atom. The molecule has 2 aromatic rings. The molecule has 7 nitrogen and oxygen atoms in total. The molecule has 1 saturated heterocycles. The quantitative estimate of drug-likeness (QED) is 0.643. The second-order valence-electron chi connectivity index (χ2n) is 9.52. The SMILES string of the molecule is CC(C)C(CNC(=O)OCC1c2ccccc2-c2ccccc21)C(=O)N1CCC[C@H](C(=O)O)C1. The minimum atomic E-state index is -0.865. The molecule has 1 aliphatic heterocycles. The van der Waals surface area contributed by atoms with Gasteiger partial charge in [0.2, 0.25) is 5.91 Å². The third-order valence-electron chi connectivity index (χ3n) is 7.01. The molecule has 0 radical (unpaired) electrons. The fraction of sp³-hybridized carbons (Fsp3) is 0.444. The molecule has 1 fully saturated rings. The van der Waals surface area contributed by atoms with Crippen LogP contribution >= 0.6 is 0 Å². The number of amides is 2. The van der Waals surface area contributed by atoms with Crippen LogP contribution in [0.15, 0.2) is 48.5 Å². The third kappa shape index (κ3) is 4.93. The van der Waals surface area contributed by atoms with E-state index in [1.165, 1.54) is 11.1 Å². The highest BCUT2D eigenvalue weighted by Crippen LogP contribution is 2.44. The van der Waals surface area contributed by atoms with Crippen molar-refractivity contribution in [3.05, 3.63) is 59.7 Å². The maximum absolute atomic E-state index is 13.1. The van der Waals surface area contributed by atoms with E-state index >= 15 is 0 Å². The van der Waals surface area contributed by atoms with Gasteiger partial charge in [0.15, 0.2) is 0 Å². The molecule has 2 aliphatic rings. The van der Waals surface area contributed by atoms with Gasteiger partial charge in [0.25, 0.3) is 0 Å². The van der Waals surface area contributed by atoms with Gasteiger partial charge in [-0.1, -0.05) is 62.4 Å². The molecule has 0 bridgehead atoms. The standard InChI is InChI=1S/C27H32N2O5/c1-17(2)23(25(30)29-13-7-8-18(15-29)26(31)32)14-28-27(33)34-16-24-21-11-5-3-9-19(21)20-10-4-6-12-22(20)24/h3-6,9-12,17-18,23-24H,7-8,13-16H2,1-2H3,(H,28,33)(H,31,32)/t18-,23?/m0/s1. The monoisotopic (exact) mass is 464 g/mol. The molecule has 0 aromatic heterocycles. The van der Waals surface area contributed by atoms with Crippen molar-refractivity contribution >= 4 is 18.0 Å². The Bertz CT molecular complexity index is 1020. The minimum Gasteiger partial charge on any atom is -0.481 e. The van der Waals surface area contributed by atoms with Crippen molar-refractivity contribution in [3.63, 3.8) is 0 Å². The molecule has 0 spiro atoms. The molecule has 1 unspecified atom stereocenters.